The number of hydrogen-bond acceptors (Lipinski definition) is 3. The minimum absolute atomic E-state index is 0.222. The molecule has 0 spiro atoms. The number of rotatable bonds is 4. The Labute approximate surface area is 181 Å². The highest BCUT2D eigenvalue weighted by Crippen LogP contribution is 2.34. The SMILES string of the molecule is O=C1N(c2ccccc2)NC(c2ccccc2)(c2ccccc2)NN1c1ccccc1. The van der Waals surface area contributed by atoms with Gasteiger partial charge in [-0.3, -0.25) is 0 Å². The smallest absolute Gasteiger partial charge is 0.245 e. The van der Waals surface area contributed by atoms with E-state index in [9.17, 15) is 4.79 Å². The zero-order valence-corrected chi connectivity index (χ0v) is 16.8. The van der Waals surface area contributed by atoms with Gasteiger partial charge >= 0.3 is 6.03 Å². The summed E-state index contributed by atoms with van der Waals surface area (Å²) in [6.07, 6.45) is 0. The van der Waals surface area contributed by atoms with E-state index in [1.54, 1.807) is 10.0 Å². The molecule has 31 heavy (non-hydrogen) atoms. The Kier molecular flexibility index (Phi) is 4.96. The molecule has 4 aromatic rings. The summed E-state index contributed by atoms with van der Waals surface area (Å²) >= 11 is 0. The Morgan fingerprint density at radius 1 is 0.484 bits per heavy atom. The van der Waals surface area contributed by atoms with Crippen LogP contribution in [0.1, 0.15) is 11.1 Å². The largest absolute Gasteiger partial charge is 0.358 e. The van der Waals surface area contributed by atoms with E-state index >= 15 is 0 Å². The lowest BCUT2D eigenvalue weighted by Gasteiger charge is -2.49. The van der Waals surface area contributed by atoms with Gasteiger partial charge in [-0.25, -0.2) is 14.8 Å². The molecule has 1 aliphatic rings. The molecule has 1 fully saturated rings. The molecular formula is C26H22N4O. The quantitative estimate of drug-likeness (QED) is 0.499. The van der Waals surface area contributed by atoms with Gasteiger partial charge in [0.25, 0.3) is 0 Å². The van der Waals surface area contributed by atoms with Crippen molar-refractivity contribution in [1.82, 2.24) is 10.9 Å². The molecule has 4 aromatic carbocycles. The molecule has 5 heteroatoms. The summed E-state index contributed by atoms with van der Waals surface area (Å²) in [5.74, 6) is 0. The number of benzene rings is 4. The van der Waals surface area contributed by atoms with E-state index in [4.69, 9.17) is 0 Å². The second-order valence-corrected chi connectivity index (χ2v) is 7.33. The molecule has 0 saturated carbocycles. The van der Waals surface area contributed by atoms with Gasteiger partial charge in [0.15, 0.2) is 5.66 Å². The van der Waals surface area contributed by atoms with Gasteiger partial charge in [0.05, 0.1) is 11.4 Å². The van der Waals surface area contributed by atoms with E-state index < -0.39 is 5.66 Å². The third-order valence-corrected chi connectivity index (χ3v) is 5.38. The molecule has 0 aromatic heterocycles. The maximum Gasteiger partial charge on any atom is 0.358 e. The van der Waals surface area contributed by atoms with E-state index in [0.29, 0.717) is 0 Å². The lowest BCUT2D eigenvalue weighted by atomic mass is 9.91. The van der Waals surface area contributed by atoms with Gasteiger partial charge in [-0.05, 0) is 35.4 Å². The fraction of sp³-hybridized carbons (Fsp3) is 0.0385. The summed E-state index contributed by atoms with van der Waals surface area (Å²) < 4.78 is 0. The number of anilines is 2. The van der Waals surface area contributed by atoms with Crippen LogP contribution >= 0.6 is 0 Å². The first-order valence-corrected chi connectivity index (χ1v) is 10.2. The normalized spacial score (nSPS) is 15.7. The summed E-state index contributed by atoms with van der Waals surface area (Å²) in [4.78, 5) is 13.6. The Hall–Kier alpha value is -3.93. The van der Waals surface area contributed by atoms with Gasteiger partial charge in [0.1, 0.15) is 0 Å². The van der Waals surface area contributed by atoms with Crippen molar-refractivity contribution in [3.63, 3.8) is 0 Å². The number of nitrogens with zero attached hydrogens (tertiary/aromatic N) is 2. The van der Waals surface area contributed by atoms with Crippen molar-refractivity contribution in [2.24, 2.45) is 0 Å². The fourth-order valence-corrected chi connectivity index (χ4v) is 3.86. The van der Waals surface area contributed by atoms with Gasteiger partial charge in [-0.1, -0.05) is 97.1 Å². The first kappa shape index (κ1) is 19.1. The van der Waals surface area contributed by atoms with Crippen molar-refractivity contribution < 1.29 is 4.79 Å². The topological polar surface area (TPSA) is 47.6 Å². The van der Waals surface area contributed by atoms with Crippen LogP contribution in [0.25, 0.3) is 0 Å². The standard InChI is InChI=1S/C26H22N4O/c31-25-29(23-17-9-3-10-18-23)27-26(21-13-5-1-6-14-21,22-15-7-2-8-16-22)28-30(25)24-19-11-4-12-20-24/h1-20,27-28H. The molecule has 5 nitrogen and oxygen atoms in total. The van der Waals surface area contributed by atoms with Gasteiger partial charge < -0.3 is 0 Å². The molecule has 0 bridgehead atoms. The minimum atomic E-state index is -0.873. The van der Waals surface area contributed by atoms with E-state index in [0.717, 1.165) is 22.5 Å². The molecule has 1 aliphatic heterocycles. The van der Waals surface area contributed by atoms with Crippen LogP contribution in [0.15, 0.2) is 121 Å². The van der Waals surface area contributed by atoms with E-state index in [1.807, 2.05) is 97.1 Å². The van der Waals surface area contributed by atoms with Crippen molar-refractivity contribution in [3.8, 4) is 0 Å². The van der Waals surface area contributed by atoms with Crippen molar-refractivity contribution in [2.75, 3.05) is 10.0 Å². The van der Waals surface area contributed by atoms with Crippen LogP contribution in [-0.4, -0.2) is 6.03 Å². The third kappa shape index (κ3) is 3.46. The average Bonchev–Trinajstić information content (AvgIpc) is 2.86. The molecule has 0 atom stereocenters. The minimum Gasteiger partial charge on any atom is -0.245 e. The van der Waals surface area contributed by atoms with Crippen LogP contribution in [0.2, 0.25) is 0 Å². The second kappa shape index (κ2) is 8.07. The van der Waals surface area contributed by atoms with Crippen LogP contribution in [0.5, 0.6) is 0 Å². The molecule has 2 amide bonds. The summed E-state index contributed by atoms with van der Waals surface area (Å²) in [6.45, 7) is 0. The number of hydrogen-bond donors (Lipinski definition) is 2. The average molecular weight is 406 g/mol. The zero-order chi connectivity index (χ0) is 21.1. The van der Waals surface area contributed by atoms with Crippen LogP contribution in [0.3, 0.4) is 0 Å². The van der Waals surface area contributed by atoms with Crippen molar-refractivity contribution in [3.05, 3.63) is 132 Å². The first-order valence-electron chi connectivity index (χ1n) is 10.2. The van der Waals surface area contributed by atoms with Crippen LogP contribution in [-0.2, 0) is 5.66 Å². The molecule has 0 aliphatic carbocycles. The predicted molar refractivity (Wildman–Crippen MR) is 123 cm³/mol. The number of hydrazine groups is 2. The molecule has 1 saturated heterocycles. The van der Waals surface area contributed by atoms with E-state index in [-0.39, 0.29) is 6.03 Å². The van der Waals surface area contributed by atoms with Crippen molar-refractivity contribution in [2.45, 2.75) is 5.66 Å². The Morgan fingerprint density at radius 3 is 1.16 bits per heavy atom. The van der Waals surface area contributed by atoms with E-state index in [1.165, 1.54) is 0 Å². The molecule has 5 rings (SSSR count). The maximum absolute atomic E-state index is 13.6. The predicted octanol–water partition coefficient (Wildman–Crippen LogP) is 5.04. The van der Waals surface area contributed by atoms with Crippen LogP contribution < -0.4 is 20.9 Å². The molecule has 1 heterocycles. The first-order chi connectivity index (χ1) is 15.3. The van der Waals surface area contributed by atoms with Crippen LogP contribution in [0.4, 0.5) is 16.2 Å². The lowest BCUT2D eigenvalue weighted by Crippen LogP contribution is -2.75. The van der Waals surface area contributed by atoms with Gasteiger partial charge in [-0.2, -0.15) is 10.9 Å². The Balaban J connectivity index is 1.72. The van der Waals surface area contributed by atoms with Crippen molar-refractivity contribution >= 4 is 17.4 Å². The summed E-state index contributed by atoms with van der Waals surface area (Å²) in [6, 6.07) is 39.2. The van der Waals surface area contributed by atoms with Gasteiger partial charge in [-0.15, -0.1) is 0 Å². The molecule has 2 N–H and O–H groups in total. The zero-order valence-electron chi connectivity index (χ0n) is 16.8. The van der Waals surface area contributed by atoms with Crippen molar-refractivity contribution in [1.29, 1.82) is 0 Å². The molecule has 0 radical (unpaired) electrons. The highest BCUT2D eigenvalue weighted by Gasteiger charge is 2.45. The monoisotopic (exact) mass is 406 g/mol. The Morgan fingerprint density at radius 2 is 0.806 bits per heavy atom. The molecule has 0 unspecified atom stereocenters. The molecule has 152 valence electrons. The van der Waals surface area contributed by atoms with Gasteiger partial charge in [0.2, 0.25) is 0 Å². The van der Waals surface area contributed by atoms with Gasteiger partial charge in [0, 0.05) is 0 Å². The highest BCUT2D eigenvalue weighted by atomic mass is 16.2. The maximum atomic E-state index is 13.6. The fourth-order valence-electron chi connectivity index (χ4n) is 3.86. The highest BCUT2D eigenvalue weighted by molar-refractivity contribution is 6.03. The third-order valence-electron chi connectivity index (χ3n) is 5.38. The summed E-state index contributed by atoms with van der Waals surface area (Å²) in [5.41, 5.74) is 9.60. The lowest BCUT2D eigenvalue weighted by molar-refractivity contribution is 0.210. The summed E-state index contributed by atoms with van der Waals surface area (Å²) in [5, 5.41) is 3.20. The number of nitrogens with one attached hydrogen (secondary N) is 2. The number of para-hydroxylation sites is 2. The number of urea groups is 1. The van der Waals surface area contributed by atoms with Crippen LogP contribution in [0, 0.1) is 0 Å². The van der Waals surface area contributed by atoms with E-state index in [2.05, 4.69) is 35.1 Å². The second-order valence-electron chi connectivity index (χ2n) is 7.33. The number of amides is 2. The number of carbonyl (C=O) groups excluding carboxylic acids is 1. The number of carbonyl (C=O) groups is 1. The Bertz CT molecular complexity index is 1060. The molecular weight excluding hydrogens is 384 g/mol. The summed E-state index contributed by atoms with van der Waals surface area (Å²) in [7, 11) is 0.